The number of benzene rings is 2. The van der Waals surface area contributed by atoms with Crippen LogP contribution in [0.3, 0.4) is 0 Å². The number of carbonyl (C=O) groups is 3. The van der Waals surface area contributed by atoms with E-state index in [1.54, 1.807) is 39.8 Å². The minimum atomic E-state index is -1.01. The standard InChI is InChI=1S/C28H40N4O5/c1-17-12-22(33)13-18(2)23(17)15-24(32-27(36)37-28(4,5)6)26(35)31-19(3)25(34)30-16-21(29)14-20-10-8-7-9-11-20/h7-13,19,21,24,33H,14-16,29H2,1-6H3,(H,30,34)(H,31,35)(H,32,36). The van der Waals surface area contributed by atoms with Crippen LogP contribution >= 0.6 is 0 Å². The third-order valence-electron chi connectivity index (χ3n) is 5.73. The van der Waals surface area contributed by atoms with Gasteiger partial charge in [0.2, 0.25) is 11.8 Å². The summed E-state index contributed by atoms with van der Waals surface area (Å²) in [5.41, 5.74) is 8.83. The Hall–Kier alpha value is -3.59. The van der Waals surface area contributed by atoms with Crippen LogP contribution in [0.25, 0.3) is 0 Å². The van der Waals surface area contributed by atoms with E-state index in [1.807, 2.05) is 44.2 Å². The molecule has 3 amide bonds. The lowest BCUT2D eigenvalue weighted by atomic mass is 9.95. The van der Waals surface area contributed by atoms with E-state index in [0.29, 0.717) is 6.42 Å². The molecular weight excluding hydrogens is 472 g/mol. The molecule has 2 aromatic rings. The fourth-order valence-corrected chi connectivity index (χ4v) is 3.91. The Morgan fingerprint density at radius 1 is 0.973 bits per heavy atom. The second-order valence-electron chi connectivity index (χ2n) is 10.4. The van der Waals surface area contributed by atoms with Gasteiger partial charge in [-0.3, -0.25) is 9.59 Å². The van der Waals surface area contributed by atoms with Gasteiger partial charge in [-0.05, 0) is 82.3 Å². The number of amides is 3. The molecule has 2 aromatic carbocycles. The summed E-state index contributed by atoms with van der Waals surface area (Å²) in [5.74, 6) is -0.797. The number of phenols is 1. The van der Waals surface area contributed by atoms with Crippen LogP contribution in [0.1, 0.15) is 49.9 Å². The van der Waals surface area contributed by atoms with Gasteiger partial charge < -0.3 is 31.5 Å². The number of aromatic hydroxyl groups is 1. The summed E-state index contributed by atoms with van der Waals surface area (Å²) in [7, 11) is 0. The lowest BCUT2D eigenvalue weighted by Crippen LogP contribution is -2.54. The molecule has 0 saturated carbocycles. The molecule has 0 aliphatic heterocycles. The number of carbonyl (C=O) groups excluding carboxylic acids is 3. The smallest absolute Gasteiger partial charge is 0.408 e. The molecule has 9 nitrogen and oxygen atoms in total. The van der Waals surface area contributed by atoms with Crippen LogP contribution in [-0.4, -0.2) is 53.3 Å². The highest BCUT2D eigenvalue weighted by molar-refractivity contribution is 5.91. The summed E-state index contributed by atoms with van der Waals surface area (Å²) in [5, 5.41) is 17.9. The summed E-state index contributed by atoms with van der Waals surface area (Å²) in [6.07, 6.45) is 0.0136. The number of hydrogen-bond acceptors (Lipinski definition) is 6. The molecule has 0 aromatic heterocycles. The SMILES string of the molecule is Cc1cc(O)cc(C)c1CC(NC(=O)OC(C)(C)C)C(=O)NC(C)C(=O)NCC(N)Cc1ccccc1. The van der Waals surface area contributed by atoms with E-state index in [4.69, 9.17) is 10.5 Å². The maximum absolute atomic E-state index is 13.2. The van der Waals surface area contributed by atoms with Gasteiger partial charge in [0.05, 0.1) is 0 Å². The molecule has 2 rings (SSSR count). The molecule has 0 radical (unpaired) electrons. The van der Waals surface area contributed by atoms with Crippen molar-refractivity contribution in [1.82, 2.24) is 16.0 Å². The summed E-state index contributed by atoms with van der Waals surface area (Å²) in [6.45, 7) is 10.6. The monoisotopic (exact) mass is 512 g/mol. The molecule has 202 valence electrons. The summed E-state index contributed by atoms with van der Waals surface area (Å²) >= 11 is 0. The van der Waals surface area contributed by atoms with E-state index in [0.717, 1.165) is 22.3 Å². The van der Waals surface area contributed by atoms with Crippen LogP contribution in [0.15, 0.2) is 42.5 Å². The topological polar surface area (TPSA) is 143 Å². The van der Waals surface area contributed by atoms with Gasteiger partial charge in [0.25, 0.3) is 0 Å². The second kappa shape index (κ2) is 13.1. The fraction of sp³-hybridized carbons (Fsp3) is 0.464. The highest BCUT2D eigenvalue weighted by Gasteiger charge is 2.28. The molecular formula is C28H40N4O5. The minimum absolute atomic E-state index is 0.121. The van der Waals surface area contributed by atoms with Crippen molar-refractivity contribution < 1.29 is 24.2 Å². The number of rotatable bonds is 10. The van der Waals surface area contributed by atoms with Gasteiger partial charge in [-0.25, -0.2) is 4.79 Å². The van der Waals surface area contributed by atoms with Gasteiger partial charge >= 0.3 is 6.09 Å². The predicted octanol–water partition coefficient (Wildman–Crippen LogP) is 2.64. The largest absolute Gasteiger partial charge is 0.508 e. The van der Waals surface area contributed by atoms with Gasteiger partial charge in [-0.1, -0.05) is 30.3 Å². The Morgan fingerprint density at radius 3 is 2.14 bits per heavy atom. The molecule has 0 bridgehead atoms. The number of ether oxygens (including phenoxy) is 1. The van der Waals surface area contributed by atoms with E-state index in [-0.39, 0.29) is 30.7 Å². The Labute approximate surface area is 219 Å². The minimum Gasteiger partial charge on any atom is -0.508 e. The number of hydrogen-bond donors (Lipinski definition) is 5. The average molecular weight is 513 g/mol. The molecule has 9 heteroatoms. The third-order valence-corrected chi connectivity index (χ3v) is 5.73. The molecule has 0 heterocycles. The first-order valence-corrected chi connectivity index (χ1v) is 12.4. The molecule has 0 spiro atoms. The van der Waals surface area contributed by atoms with Crippen molar-refractivity contribution in [2.45, 2.75) is 78.1 Å². The van der Waals surface area contributed by atoms with Crippen molar-refractivity contribution >= 4 is 17.9 Å². The van der Waals surface area contributed by atoms with Crippen molar-refractivity contribution in [1.29, 1.82) is 0 Å². The number of nitrogens with two attached hydrogens (primary N) is 1. The Kier molecular flexibility index (Phi) is 10.5. The van der Waals surface area contributed by atoms with Crippen molar-refractivity contribution in [3.8, 4) is 5.75 Å². The first kappa shape index (κ1) is 29.6. The molecule has 3 atom stereocenters. The van der Waals surface area contributed by atoms with Crippen molar-refractivity contribution in [3.05, 3.63) is 64.7 Å². The first-order valence-electron chi connectivity index (χ1n) is 12.4. The Bertz CT molecular complexity index is 1060. The van der Waals surface area contributed by atoms with Crippen molar-refractivity contribution in [3.63, 3.8) is 0 Å². The molecule has 0 saturated heterocycles. The fourth-order valence-electron chi connectivity index (χ4n) is 3.91. The van der Waals surface area contributed by atoms with Crippen LogP contribution in [-0.2, 0) is 27.2 Å². The van der Waals surface area contributed by atoms with Crippen molar-refractivity contribution in [2.75, 3.05) is 6.54 Å². The van der Waals surface area contributed by atoms with E-state index in [1.165, 1.54) is 0 Å². The highest BCUT2D eigenvalue weighted by atomic mass is 16.6. The summed E-state index contributed by atoms with van der Waals surface area (Å²) < 4.78 is 5.34. The molecule has 0 aliphatic rings. The first-order chi connectivity index (χ1) is 17.2. The zero-order chi connectivity index (χ0) is 27.8. The molecule has 0 aliphatic carbocycles. The molecule has 37 heavy (non-hydrogen) atoms. The van der Waals surface area contributed by atoms with Crippen LogP contribution < -0.4 is 21.7 Å². The van der Waals surface area contributed by atoms with Crippen LogP contribution in [0.4, 0.5) is 4.79 Å². The zero-order valence-electron chi connectivity index (χ0n) is 22.6. The van der Waals surface area contributed by atoms with E-state index in [9.17, 15) is 19.5 Å². The van der Waals surface area contributed by atoms with E-state index < -0.39 is 29.7 Å². The number of alkyl carbamates (subject to hydrolysis) is 1. The average Bonchev–Trinajstić information content (AvgIpc) is 2.78. The Morgan fingerprint density at radius 2 is 1.57 bits per heavy atom. The van der Waals surface area contributed by atoms with Gasteiger partial charge in [0.1, 0.15) is 23.4 Å². The third kappa shape index (κ3) is 10.1. The summed E-state index contributed by atoms with van der Waals surface area (Å²) in [6, 6.07) is 10.8. The number of phenolic OH excluding ortho intramolecular Hbond substituents is 1. The van der Waals surface area contributed by atoms with E-state index in [2.05, 4.69) is 16.0 Å². The van der Waals surface area contributed by atoms with Gasteiger partial charge in [0.15, 0.2) is 0 Å². The second-order valence-corrected chi connectivity index (χ2v) is 10.4. The zero-order valence-corrected chi connectivity index (χ0v) is 22.6. The molecule has 6 N–H and O–H groups in total. The molecule has 0 fully saturated rings. The quantitative estimate of drug-likeness (QED) is 0.331. The lowest BCUT2D eigenvalue weighted by Gasteiger charge is -2.25. The highest BCUT2D eigenvalue weighted by Crippen LogP contribution is 2.22. The molecule has 3 unspecified atom stereocenters. The Balaban J connectivity index is 2.05. The van der Waals surface area contributed by atoms with Crippen LogP contribution in [0, 0.1) is 13.8 Å². The van der Waals surface area contributed by atoms with E-state index >= 15 is 0 Å². The number of aryl methyl sites for hydroxylation is 2. The van der Waals surface area contributed by atoms with Crippen LogP contribution in [0.2, 0.25) is 0 Å². The maximum atomic E-state index is 13.2. The van der Waals surface area contributed by atoms with Gasteiger partial charge in [0, 0.05) is 19.0 Å². The lowest BCUT2D eigenvalue weighted by molar-refractivity contribution is -0.129. The van der Waals surface area contributed by atoms with Crippen LogP contribution in [0.5, 0.6) is 5.75 Å². The summed E-state index contributed by atoms with van der Waals surface area (Å²) in [4.78, 5) is 38.3. The predicted molar refractivity (Wildman–Crippen MR) is 143 cm³/mol. The van der Waals surface area contributed by atoms with Crippen molar-refractivity contribution in [2.24, 2.45) is 5.73 Å². The normalized spacial score (nSPS) is 13.7. The number of nitrogens with one attached hydrogen (secondary N) is 3. The van der Waals surface area contributed by atoms with Gasteiger partial charge in [-0.15, -0.1) is 0 Å². The maximum Gasteiger partial charge on any atom is 0.408 e. The van der Waals surface area contributed by atoms with Gasteiger partial charge in [-0.2, -0.15) is 0 Å².